The molecule has 2 heterocycles. The summed E-state index contributed by atoms with van der Waals surface area (Å²) < 4.78 is 1.95. The van der Waals surface area contributed by atoms with Crippen LogP contribution in [0.3, 0.4) is 0 Å². The normalized spacial score (nSPS) is 17.7. The summed E-state index contributed by atoms with van der Waals surface area (Å²) in [5, 5.41) is 12.1. The van der Waals surface area contributed by atoms with Crippen LogP contribution in [0.25, 0.3) is 0 Å². The standard InChI is InChI=1S/C24H29N5OS/c1-5-7-20-26-27-24-29(20)28-21(18-11-9-17(6-2)10-12-18)22(31-24)23(30)25-19-13-8-15(3)16(4)14-19/h8-14,21-22,28H,5-7H2,1-4H3,(H,25,30)/t21-,22+/m1/s1. The minimum Gasteiger partial charge on any atom is -0.325 e. The van der Waals surface area contributed by atoms with Gasteiger partial charge in [-0.05, 0) is 61.1 Å². The Morgan fingerprint density at radius 1 is 1.10 bits per heavy atom. The van der Waals surface area contributed by atoms with Crippen molar-refractivity contribution in [2.75, 3.05) is 10.7 Å². The van der Waals surface area contributed by atoms with Gasteiger partial charge in [-0.3, -0.25) is 4.79 Å². The van der Waals surface area contributed by atoms with Crippen LogP contribution >= 0.6 is 11.8 Å². The molecule has 2 atom stereocenters. The van der Waals surface area contributed by atoms with Crippen molar-refractivity contribution < 1.29 is 4.79 Å². The monoisotopic (exact) mass is 435 g/mol. The quantitative estimate of drug-likeness (QED) is 0.581. The summed E-state index contributed by atoms with van der Waals surface area (Å²) in [6, 6.07) is 14.3. The number of aryl methyl sites for hydroxylation is 4. The van der Waals surface area contributed by atoms with E-state index in [1.165, 1.54) is 22.9 Å². The molecule has 162 valence electrons. The second kappa shape index (κ2) is 9.14. The molecule has 3 aromatic rings. The first-order valence-electron chi connectivity index (χ1n) is 10.8. The van der Waals surface area contributed by atoms with Crippen molar-refractivity contribution in [2.45, 2.75) is 63.4 Å². The van der Waals surface area contributed by atoms with Crippen LogP contribution in [-0.2, 0) is 17.6 Å². The summed E-state index contributed by atoms with van der Waals surface area (Å²) >= 11 is 1.47. The molecule has 31 heavy (non-hydrogen) atoms. The Kier molecular flexibility index (Phi) is 6.32. The molecule has 4 rings (SSSR count). The fourth-order valence-electron chi connectivity index (χ4n) is 3.73. The van der Waals surface area contributed by atoms with Crippen molar-refractivity contribution in [1.29, 1.82) is 0 Å². The van der Waals surface area contributed by atoms with Gasteiger partial charge in [-0.2, -0.15) is 0 Å². The molecule has 0 unspecified atom stereocenters. The highest BCUT2D eigenvalue weighted by Gasteiger charge is 2.37. The van der Waals surface area contributed by atoms with Gasteiger partial charge in [0.1, 0.15) is 5.25 Å². The van der Waals surface area contributed by atoms with E-state index in [1.807, 2.05) is 22.9 Å². The van der Waals surface area contributed by atoms with E-state index >= 15 is 0 Å². The van der Waals surface area contributed by atoms with Gasteiger partial charge in [0.05, 0.1) is 6.04 Å². The highest BCUT2D eigenvalue weighted by atomic mass is 32.2. The number of nitrogens with zero attached hydrogens (tertiary/aromatic N) is 3. The van der Waals surface area contributed by atoms with Crippen LogP contribution in [0.5, 0.6) is 0 Å². The number of amides is 1. The average Bonchev–Trinajstić information content (AvgIpc) is 3.17. The summed E-state index contributed by atoms with van der Waals surface area (Å²) in [5.74, 6) is 0.852. The highest BCUT2D eigenvalue weighted by molar-refractivity contribution is 8.00. The van der Waals surface area contributed by atoms with Gasteiger partial charge in [0.25, 0.3) is 0 Å². The van der Waals surface area contributed by atoms with Crippen molar-refractivity contribution >= 4 is 23.4 Å². The van der Waals surface area contributed by atoms with E-state index < -0.39 is 0 Å². The van der Waals surface area contributed by atoms with Crippen LogP contribution in [-0.4, -0.2) is 26.0 Å². The smallest absolute Gasteiger partial charge is 0.240 e. The zero-order valence-electron chi connectivity index (χ0n) is 18.5. The van der Waals surface area contributed by atoms with Crippen LogP contribution in [0.15, 0.2) is 47.6 Å². The first-order chi connectivity index (χ1) is 15.0. The lowest BCUT2D eigenvalue weighted by molar-refractivity contribution is -0.116. The molecule has 0 spiro atoms. The summed E-state index contributed by atoms with van der Waals surface area (Å²) in [6.45, 7) is 8.39. The van der Waals surface area contributed by atoms with Gasteiger partial charge >= 0.3 is 0 Å². The maximum atomic E-state index is 13.4. The number of aromatic nitrogens is 3. The molecule has 0 fully saturated rings. The second-order valence-corrected chi connectivity index (χ2v) is 9.12. The third-order valence-electron chi connectivity index (χ3n) is 5.76. The van der Waals surface area contributed by atoms with E-state index in [2.05, 4.69) is 72.9 Å². The summed E-state index contributed by atoms with van der Waals surface area (Å²) in [7, 11) is 0. The van der Waals surface area contributed by atoms with Gasteiger partial charge in [-0.1, -0.05) is 55.9 Å². The van der Waals surface area contributed by atoms with E-state index in [1.54, 1.807) is 0 Å². The van der Waals surface area contributed by atoms with Crippen molar-refractivity contribution in [1.82, 2.24) is 14.9 Å². The fourth-order valence-corrected chi connectivity index (χ4v) is 4.83. The molecule has 1 aromatic heterocycles. The molecular weight excluding hydrogens is 406 g/mol. The van der Waals surface area contributed by atoms with Gasteiger partial charge in [0.15, 0.2) is 5.82 Å². The average molecular weight is 436 g/mol. The molecule has 0 aliphatic carbocycles. The molecule has 7 heteroatoms. The number of thioether (sulfide) groups is 1. The second-order valence-electron chi connectivity index (χ2n) is 8.01. The molecule has 6 nitrogen and oxygen atoms in total. The van der Waals surface area contributed by atoms with Crippen LogP contribution in [0.4, 0.5) is 5.69 Å². The Morgan fingerprint density at radius 3 is 2.55 bits per heavy atom. The highest BCUT2D eigenvalue weighted by Crippen LogP contribution is 2.38. The first kappa shape index (κ1) is 21.4. The predicted molar refractivity (Wildman–Crippen MR) is 126 cm³/mol. The molecule has 0 radical (unpaired) electrons. The minimum atomic E-state index is -0.375. The van der Waals surface area contributed by atoms with E-state index in [4.69, 9.17) is 0 Å². The maximum Gasteiger partial charge on any atom is 0.240 e. The third-order valence-corrected chi connectivity index (χ3v) is 6.97. The van der Waals surface area contributed by atoms with Gasteiger partial charge in [-0.25, -0.2) is 4.68 Å². The van der Waals surface area contributed by atoms with E-state index in [0.717, 1.165) is 47.1 Å². The number of benzene rings is 2. The third kappa shape index (κ3) is 4.46. The summed E-state index contributed by atoms with van der Waals surface area (Å²) in [5.41, 5.74) is 9.06. The van der Waals surface area contributed by atoms with E-state index in [-0.39, 0.29) is 17.2 Å². The molecule has 2 N–H and O–H groups in total. The lowest BCUT2D eigenvalue weighted by Gasteiger charge is -2.33. The van der Waals surface area contributed by atoms with Crippen molar-refractivity contribution in [3.05, 3.63) is 70.5 Å². The first-order valence-corrected chi connectivity index (χ1v) is 11.7. The molecule has 1 amide bonds. The fraction of sp³-hybridized carbons (Fsp3) is 0.375. The van der Waals surface area contributed by atoms with Crippen molar-refractivity contribution in [2.24, 2.45) is 0 Å². The SMILES string of the molecule is CCCc1nnc2n1N[C@H](c1ccc(CC)cc1)[C@@H](C(=O)Nc1ccc(C)c(C)c1)S2. The molecule has 1 aliphatic rings. The Hall–Kier alpha value is -2.80. The Bertz CT molecular complexity index is 1080. The van der Waals surface area contributed by atoms with Crippen LogP contribution in [0.2, 0.25) is 0 Å². The number of rotatable bonds is 6. The number of fused-ring (bicyclic) bond motifs is 1. The maximum absolute atomic E-state index is 13.4. The van der Waals surface area contributed by atoms with Crippen molar-refractivity contribution in [3.63, 3.8) is 0 Å². The molecule has 0 saturated carbocycles. The van der Waals surface area contributed by atoms with Gasteiger partial charge in [0.2, 0.25) is 11.1 Å². The van der Waals surface area contributed by atoms with E-state index in [9.17, 15) is 4.79 Å². The number of carbonyl (C=O) groups excluding carboxylic acids is 1. The van der Waals surface area contributed by atoms with E-state index in [0.29, 0.717) is 0 Å². The summed E-state index contributed by atoms with van der Waals surface area (Å²) in [6.07, 6.45) is 2.80. The Morgan fingerprint density at radius 2 is 1.87 bits per heavy atom. The van der Waals surface area contributed by atoms with Gasteiger partial charge in [0, 0.05) is 12.1 Å². The van der Waals surface area contributed by atoms with Crippen LogP contribution < -0.4 is 10.7 Å². The number of anilines is 1. The van der Waals surface area contributed by atoms with Crippen LogP contribution in [0, 0.1) is 13.8 Å². The lowest BCUT2D eigenvalue weighted by atomic mass is 10.0. The minimum absolute atomic E-state index is 0.0448. The zero-order chi connectivity index (χ0) is 22.0. The predicted octanol–water partition coefficient (Wildman–Crippen LogP) is 4.81. The zero-order valence-corrected chi connectivity index (χ0v) is 19.3. The number of hydrogen-bond donors (Lipinski definition) is 2. The largest absolute Gasteiger partial charge is 0.325 e. The molecule has 1 aliphatic heterocycles. The topological polar surface area (TPSA) is 71.8 Å². The summed E-state index contributed by atoms with van der Waals surface area (Å²) in [4.78, 5) is 13.4. The Balaban J connectivity index is 1.65. The molecule has 0 bridgehead atoms. The Labute approximate surface area is 187 Å². The van der Waals surface area contributed by atoms with Gasteiger partial charge in [-0.15, -0.1) is 10.2 Å². The number of carbonyl (C=O) groups is 1. The number of hydrogen-bond acceptors (Lipinski definition) is 5. The lowest BCUT2D eigenvalue weighted by Crippen LogP contribution is -2.41. The van der Waals surface area contributed by atoms with Crippen LogP contribution in [0.1, 0.15) is 54.4 Å². The molecule has 2 aromatic carbocycles. The van der Waals surface area contributed by atoms with Gasteiger partial charge < -0.3 is 10.7 Å². The molecule has 0 saturated heterocycles. The van der Waals surface area contributed by atoms with Crippen molar-refractivity contribution in [3.8, 4) is 0 Å². The molecular formula is C24H29N5OS. The number of nitrogens with one attached hydrogen (secondary N) is 2.